The molecule has 0 aliphatic rings. The van der Waals surface area contributed by atoms with Crippen LogP contribution in [0.3, 0.4) is 0 Å². The van der Waals surface area contributed by atoms with E-state index in [1.807, 2.05) is 61.3 Å². The lowest BCUT2D eigenvalue weighted by atomic mass is 9.38. The highest BCUT2D eigenvalue weighted by Gasteiger charge is 2.70. The maximum atomic E-state index is 5.07. The normalized spacial score (nSPS) is 16.5. The average molecular weight is 558 g/mol. The minimum absolute atomic E-state index is 0.517. The van der Waals surface area contributed by atoms with Gasteiger partial charge in [0.05, 0.1) is 11.4 Å². The summed E-state index contributed by atoms with van der Waals surface area (Å²) in [5, 5.41) is 0. The molecule has 5 aromatic rings. The zero-order valence-electron chi connectivity index (χ0n) is 25.5. The zero-order valence-corrected chi connectivity index (χ0v) is 25.5. The Balaban J connectivity index is 2.00. The van der Waals surface area contributed by atoms with Crippen molar-refractivity contribution >= 4 is 0 Å². The Morgan fingerprint density at radius 1 is 0.429 bits per heavy atom. The van der Waals surface area contributed by atoms with Crippen LogP contribution in [0.4, 0.5) is 0 Å². The molecule has 0 bridgehead atoms. The highest BCUT2D eigenvalue weighted by molar-refractivity contribution is 5.48. The molecule has 0 fully saturated rings. The van der Waals surface area contributed by atoms with E-state index in [1.165, 1.54) is 0 Å². The quantitative estimate of drug-likeness (QED) is 0.202. The molecule has 7 nitrogen and oxygen atoms in total. The lowest BCUT2D eigenvalue weighted by molar-refractivity contribution is 0.0196. The van der Waals surface area contributed by atoms with Crippen LogP contribution in [0.2, 0.25) is 0 Å². The minimum atomic E-state index is -0.843. The van der Waals surface area contributed by atoms with E-state index in [0.717, 1.165) is 22.6 Å². The first-order valence-corrected chi connectivity index (χ1v) is 14.3. The molecule has 0 spiro atoms. The summed E-state index contributed by atoms with van der Waals surface area (Å²) in [5.74, 6) is 0.712. The van der Waals surface area contributed by atoms with E-state index >= 15 is 0 Å². The van der Waals surface area contributed by atoms with Gasteiger partial charge in [-0.05, 0) is 29.8 Å². The van der Waals surface area contributed by atoms with Gasteiger partial charge < -0.3 is 0 Å². The van der Waals surface area contributed by atoms with Gasteiger partial charge in [0.15, 0.2) is 0 Å². The van der Waals surface area contributed by atoms with E-state index in [1.54, 1.807) is 18.7 Å². The lowest BCUT2D eigenvalue weighted by Gasteiger charge is -2.64. The SMILES string of the molecule is CC(C)(c1ccccn1)C(C)(c1ccncn1)C(C)(c1cnccn1)C(C)(c1ncccn1)C(C)(C)c1ccccc1. The highest BCUT2D eigenvalue weighted by atomic mass is 15.0. The number of hydrogen-bond donors (Lipinski definition) is 0. The first-order valence-electron chi connectivity index (χ1n) is 14.3. The van der Waals surface area contributed by atoms with Gasteiger partial charge in [0.1, 0.15) is 12.2 Å². The van der Waals surface area contributed by atoms with Crippen molar-refractivity contribution in [1.29, 1.82) is 0 Å². The summed E-state index contributed by atoms with van der Waals surface area (Å²) < 4.78 is 0. The van der Waals surface area contributed by atoms with Crippen molar-refractivity contribution in [3.05, 3.63) is 139 Å². The zero-order chi connectivity index (χ0) is 30.1. The van der Waals surface area contributed by atoms with Crippen molar-refractivity contribution in [3.8, 4) is 0 Å². The van der Waals surface area contributed by atoms with E-state index in [2.05, 4.69) is 88.8 Å². The van der Waals surface area contributed by atoms with Crippen LogP contribution in [0.1, 0.15) is 76.9 Å². The van der Waals surface area contributed by atoms with Crippen LogP contribution in [0, 0.1) is 0 Å². The molecule has 214 valence electrons. The Hall–Kier alpha value is -4.39. The second-order valence-electron chi connectivity index (χ2n) is 12.5. The van der Waals surface area contributed by atoms with Gasteiger partial charge in [-0.25, -0.2) is 19.9 Å². The molecule has 42 heavy (non-hydrogen) atoms. The van der Waals surface area contributed by atoms with Crippen molar-refractivity contribution in [2.24, 2.45) is 0 Å². The molecular weight excluding hydrogens is 518 g/mol. The number of nitrogens with zero attached hydrogens (tertiary/aromatic N) is 7. The molecule has 0 aliphatic heterocycles. The van der Waals surface area contributed by atoms with E-state index < -0.39 is 27.1 Å². The fourth-order valence-corrected chi connectivity index (χ4v) is 7.17. The molecule has 7 heteroatoms. The Morgan fingerprint density at radius 2 is 1.10 bits per heavy atom. The van der Waals surface area contributed by atoms with Crippen LogP contribution in [0.25, 0.3) is 0 Å². The van der Waals surface area contributed by atoms with Crippen molar-refractivity contribution in [1.82, 2.24) is 34.9 Å². The van der Waals surface area contributed by atoms with Crippen LogP contribution in [-0.2, 0) is 27.1 Å². The maximum Gasteiger partial charge on any atom is 0.135 e. The predicted molar refractivity (Wildman–Crippen MR) is 165 cm³/mol. The highest BCUT2D eigenvalue weighted by Crippen LogP contribution is 2.65. The average Bonchev–Trinajstić information content (AvgIpc) is 3.05. The minimum Gasteiger partial charge on any atom is -0.261 e. The third-order valence-electron chi connectivity index (χ3n) is 10.5. The molecule has 0 saturated heterocycles. The van der Waals surface area contributed by atoms with E-state index in [-0.39, 0.29) is 0 Å². The smallest absolute Gasteiger partial charge is 0.135 e. The fourth-order valence-electron chi connectivity index (χ4n) is 7.17. The summed E-state index contributed by atoms with van der Waals surface area (Å²) in [4.78, 5) is 33.9. The molecular formula is C35H39N7. The topological polar surface area (TPSA) is 90.2 Å². The molecule has 4 aromatic heterocycles. The van der Waals surface area contributed by atoms with E-state index in [0.29, 0.717) is 5.82 Å². The Morgan fingerprint density at radius 3 is 1.69 bits per heavy atom. The molecule has 0 radical (unpaired) electrons. The maximum absolute atomic E-state index is 5.07. The second-order valence-corrected chi connectivity index (χ2v) is 12.5. The summed E-state index contributed by atoms with van der Waals surface area (Å²) in [6.07, 6.45) is 14.3. The molecule has 3 unspecified atom stereocenters. The van der Waals surface area contributed by atoms with Crippen LogP contribution < -0.4 is 0 Å². The first-order chi connectivity index (χ1) is 20.0. The Bertz CT molecular complexity index is 1490. The van der Waals surface area contributed by atoms with E-state index in [4.69, 9.17) is 24.9 Å². The van der Waals surface area contributed by atoms with Crippen LogP contribution >= 0.6 is 0 Å². The Kier molecular flexibility index (Phi) is 7.48. The molecule has 3 atom stereocenters. The summed E-state index contributed by atoms with van der Waals surface area (Å²) in [5.41, 5.74) is 0.281. The van der Waals surface area contributed by atoms with Crippen molar-refractivity contribution in [2.45, 2.75) is 75.5 Å². The lowest BCUT2D eigenvalue weighted by Crippen LogP contribution is -2.69. The van der Waals surface area contributed by atoms with Gasteiger partial charge in [0.25, 0.3) is 0 Å². The Labute approximate surface area is 249 Å². The monoisotopic (exact) mass is 557 g/mol. The third kappa shape index (κ3) is 4.13. The van der Waals surface area contributed by atoms with Crippen molar-refractivity contribution in [2.75, 3.05) is 0 Å². The number of rotatable bonds is 9. The molecule has 0 N–H and O–H groups in total. The number of aromatic nitrogens is 7. The summed E-state index contributed by atoms with van der Waals surface area (Å²) >= 11 is 0. The van der Waals surface area contributed by atoms with E-state index in [9.17, 15) is 0 Å². The second kappa shape index (κ2) is 10.8. The van der Waals surface area contributed by atoms with Gasteiger partial charge in [-0.1, -0.05) is 84.9 Å². The number of pyridine rings is 1. The summed E-state index contributed by atoms with van der Waals surface area (Å²) in [7, 11) is 0. The van der Waals surface area contributed by atoms with Crippen molar-refractivity contribution < 1.29 is 0 Å². The standard InChI is InChI=1S/C35H39N7/c1-31(2,26-14-9-8-10-15-26)35(7,30-40-19-13-20-41-30)34(6,29-24-36-22-23-39-29)33(5,28-17-21-37-25-42-28)32(3,4)27-16-11-12-18-38-27/h8-25H,1-7H3. The molecule has 0 aliphatic carbocycles. The molecule has 0 amide bonds. The van der Waals surface area contributed by atoms with Gasteiger partial charge in [-0.15, -0.1) is 0 Å². The van der Waals surface area contributed by atoms with Crippen LogP contribution in [0.15, 0.2) is 110 Å². The van der Waals surface area contributed by atoms with Crippen molar-refractivity contribution in [3.63, 3.8) is 0 Å². The van der Waals surface area contributed by atoms with Gasteiger partial charge in [0, 0.05) is 76.1 Å². The first kappa shape index (κ1) is 29.1. The fraction of sp³-hybridized carbons (Fsp3) is 0.343. The predicted octanol–water partition coefficient (Wildman–Crippen LogP) is 6.58. The van der Waals surface area contributed by atoms with Gasteiger partial charge >= 0.3 is 0 Å². The largest absolute Gasteiger partial charge is 0.261 e. The van der Waals surface area contributed by atoms with Gasteiger partial charge in [-0.2, -0.15) is 0 Å². The molecule has 1 aromatic carbocycles. The van der Waals surface area contributed by atoms with Crippen LogP contribution in [-0.4, -0.2) is 34.9 Å². The van der Waals surface area contributed by atoms with Crippen LogP contribution in [0.5, 0.6) is 0 Å². The molecule has 4 heterocycles. The molecule has 5 rings (SSSR count). The summed E-state index contributed by atoms with van der Waals surface area (Å²) in [6, 6.07) is 20.6. The molecule has 0 saturated carbocycles. The third-order valence-corrected chi connectivity index (χ3v) is 10.5. The van der Waals surface area contributed by atoms with Gasteiger partial charge in [-0.3, -0.25) is 15.0 Å². The summed E-state index contributed by atoms with van der Waals surface area (Å²) in [6.45, 7) is 15.9. The van der Waals surface area contributed by atoms with Gasteiger partial charge in [0.2, 0.25) is 0 Å². The number of hydrogen-bond acceptors (Lipinski definition) is 7. The number of benzene rings is 1.